The largest absolute Gasteiger partial charge is 0.479 e. The van der Waals surface area contributed by atoms with E-state index in [2.05, 4.69) is 0 Å². The number of esters is 1. The molecule has 66 heavy (non-hydrogen) atoms. The molecule has 2 aliphatic heterocycles. The Morgan fingerprint density at radius 1 is 0.636 bits per heavy atom. The smallest absolute Gasteiger partial charge is 0.338 e. The molecule has 23 nitrogen and oxygen atoms in total. The molecule has 2 aromatic rings. The van der Waals surface area contributed by atoms with Crippen LogP contribution >= 0.6 is 0 Å². The predicted molar refractivity (Wildman–Crippen MR) is 223 cm³/mol. The first-order chi connectivity index (χ1) is 31.2. The van der Waals surface area contributed by atoms with Gasteiger partial charge in [-0.15, -0.1) is 0 Å². The summed E-state index contributed by atoms with van der Waals surface area (Å²) in [6.45, 7) is 0.855. The number of carboxylic acids is 1. The monoisotopic (exact) mass is 950 g/mol. The van der Waals surface area contributed by atoms with Crippen molar-refractivity contribution < 1.29 is 115 Å². The van der Waals surface area contributed by atoms with Crippen LogP contribution in [0.3, 0.4) is 0 Å². The summed E-state index contributed by atoms with van der Waals surface area (Å²) in [5, 5.41) is 159. The maximum Gasteiger partial charge on any atom is 0.338 e. The van der Waals surface area contributed by atoms with E-state index in [0.717, 1.165) is 16.7 Å². The van der Waals surface area contributed by atoms with Gasteiger partial charge in [-0.2, -0.15) is 0 Å². The van der Waals surface area contributed by atoms with E-state index in [0.29, 0.717) is 12.0 Å². The summed E-state index contributed by atoms with van der Waals surface area (Å²) >= 11 is 0. The second-order valence-electron chi connectivity index (χ2n) is 16.1. The molecule has 2 aliphatic rings. The third-order valence-corrected chi connectivity index (χ3v) is 11.2. The highest BCUT2D eigenvalue weighted by Gasteiger charge is 2.49. The number of aliphatic hydroxyl groups is 15. The minimum absolute atomic E-state index is 0.00656. The minimum Gasteiger partial charge on any atom is -0.479 e. The molecule has 0 spiro atoms. The summed E-state index contributed by atoms with van der Waals surface area (Å²) in [6.07, 6.45) is -27.1. The summed E-state index contributed by atoms with van der Waals surface area (Å²) in [5.74, 6) is -3.24. The van der Waals surface area contributed by atoms with Gasteiger partial charge >= 0.3 is 11.9 Å². The third-order valence-electron chi connectivity index (χ3n) is 11.2. The molecular formula is C43H66O23. The fraction of sp³-hybridized carbons (Fsp3) is 0.674. The first-order valence-electron chi connectivity index (χ1n) is 21.3. The van der Waals surface area contributed by atoms with Gasteiger partial charge in [-0.05, 0) is 62.8 Å². The lowest BCUT2D eigenvalue weighted by Gasteiger charge is -2.42. The van der Waals surface area contributed by atoms with Crippen LogP contribution in [0, 0.1) is 12.8 Å². The molecule has 18 unspecified atom stereocenters. The molecule has 0 radical (unpaired) electrons. The number of carbonyl (C=O) groups is 2. The number of carbonyl (C=O) groups excluding carboxylic acids is 1. The van der Waals surface area contributed by atoms with Crippen LogP contribution in [0.4, 0.5) is 0 Å². The van der Waals surface area contributed by atoms with E-state index in [-0.39, 0.29) is 25.9 Å². The zero-order valence-corrected chi connectivity index (χ0v) is 36.4. The number of rotatable bonds is 23. The van der Waals surface area contributed by atoms with Crippen molar-refractivity contribution in [3.63, 3.8) is 0 Å². The summed E-state index contributed by atoms with van der Waals surface area (Å²) in [5.41, 5.74) is 3.11. The van der Waals surface area contributed by atoms with Crippen LogP contribution in [-0.2, 0) is 41.3 Å². The molecule has 2 aromatic carbocycles. The molecule has 2 heterocycles. The van der Waals surface area contributed by atoms with Crippen LogP contribution < -0.4 is 0 Å². The number of benzene rings is 2. The van der Waals surface area contributed by atoms with E-state index in [9.17, 15) is 91.3 Å². The third kappa shape index (κ3) is 15.8. The first kappa shape index (κ1) is 56.9. The van der Waals surface area contributed by atoms with Gasteiger partial charge in [0.25, 0.3) is 0 Å². The summed E-state index contributed by atoms with van der Waals surface area (Å²) in [6, 6.07) is 14.0. The Hall–Kier alpha value is -3.38. The van der Waals surface area contributed by atoms with E-state index in [4.69, 9.17) is 23.7 Å². The van der Waals surface area contributed by atoms with Crippen molar-refractivity contribution in [2.24, 2.45) is 5.92 Å². The molecule has 376 valence electrons. The van der Waals surface area contributed by atoms with Crippen LogP contribution in [0.2, 0.25) is 0 Å². The summed E-state index contributed by atoms with van der Waals surface area (Å²) < 4.78 is 25.7. The SMILES string of the molecule is CCOC(=O)c1ccc(CCC(O)C(O)C(OC2OC(CO)C(O)C(O)C2O)C(O)CO)cc1.Cc1ccc(CCC(O)C(O)C(O)C(O)COC2OC(C(=O)O)C(CO)C(O)C2O)cc1. The Kier molecular flexibility index (Phi) is 23.8. The van der Waals surface area contributed by atoms with E-state index < -0.39 is 148 Å². The molecular weight excluding hydrogens is 884 g/mol. The zero-order valence-electron chi connectivity index (χ0n) is 36.4. The van der Waals surface area contributed by atoms with Crippen molar-refractivity contribution in [1.29, 1.82) is 0 Å². The summed E-state index contributed by atoms with van der Waals surface area (Å²) in [4.78, 5) is 23.0. The molecule has 2 saturated heterocycles. The van der Waals surface area contributed by atoms with Crippen molar-refractivity contribution in [2.75, 3.05) is 33.0 Å². The number of hydrogen-bond acceptors (Lipinski definition) is 22. The number of aliphatic carboxylic acids is 1. The fourth-order valence-corrected chi connectivity index (χ4v) is 7.05. The quantitative estimate of drug-likeness (QED) is 0.0462. The Morgan fingerprint density at radius 2 is 1.17 bits per heavy atom. The van der Waals surface area contributed by atoms with Gasteiger partial charge in [0.05, 0.1) is 56.9 Å². The van der Waals surface area contributed by atoms with Crippen LogP contribution in [0.5, 0.6) is 0 Å². The molecule has 2 fully saturated rings. The minimum atomic E-state index is -1.81. The standard InChI is InChI=1S/C22H34O12.C21H32O11/c1-2-32-21(31)12-6-3-11(4-7-12)5-8-13(25)16(27)20(14(26)9-23)34-22-19(30)18(29)17(28)15(10-24)33-22;1-10-2-4-11(5-3-10)6-7-13(23)16(26)17(27)14(24)9-31-21-18(28)15(25)12(8-22)19(32-21)20(29)30/h3-4,6-7,13-20,22-30H,2,5,8-10H2,1H3;2-5,12-19,21-28H,6-9H2,1H3,(H,29,30). The Bertz CT molecular complexity index is 1700. The predicted octanol–water partition coefficient (Wildman–Crippen LogP) is -5.42. The van der Waals surface area contributed by atoms with Gasteiger partial charge in [0, 0.05) is 5.92 Å². The molecule has 18 atom stereocenters. The lowest BCUT2D eigenvalue weighted by molar-refractivity contribution is -0.327. The average molecular weight is 951 g/mol. The second-order valence-corrected chi connectivity index (χ2v) is 16.1. The van der Waals surface area contributed by atoms with E-state index in [1.165, 1.54) is 0 Å². The van der Waals surface area contributed by atoms with Crippen molar-refractivity contribution in [3.8, 4) is 0 Å². The fourth-order valence-electron chi connectivity index (χ4n) is 7.05. The molecule has 0 aliphatic carbocycles. The topological polar surface area (TPSA) is 404 Å². The van der Waals surface area contributed by atoms with Gasteiger partial charge in [-0.1, -0.05) is 42.0 Å². The molecule has 0 saturated carbocycles. The number of hydrogen-bond donors (Lipinski definition) is 16. The van der Waals surface area contributed by atoms with E-state index in [1.54, 1.807) is 31.2 Å². The van der Waals surface area contributed by atoms with Gasteiger partial charge in [0.15, 0.2) is 18.7 Å². The number of carboxylic acid groups (broad SMARTS) is 1. The Labute approximate surface area is 379 Å². The lowest BCUT2D eigenvalue weighted by atomic mass is 9.89. The van der Waals surface area contributed by atoms with Crippen LogP contribution in [-0.4, -0.2) is 231 Å². The van der Waals surface area contributed by atoms with Gasteiger partial charge < -0.3 is 105 Å². The van der Waals surface area contributed by atoms with Gasteiger partial charge in [-0.25, -0.2) is 9.59 Å². The van der Waals surface area contributed by atoms with Crippen molar-refractivity contribution in [1.82, 2.24) is 0 Å². The highest BCUT2D eigenvalue weighted by molar-refractivity contribution is 5.89. The van der Waals surface area contributed by atoms with Crippen LogP contribution in [0.1, 0.15) is 46.8 Å². The Balaban J connectivity index is 0.000000351. The molecule has 16 N–H and O–H groups in total. The van der Waals surface area contributed by atoms with E-state index in [1.807, 2.05) is 31.2 Å². The zero-order chi connectivity index (χ0) is 49.4. The average Bonchev–Trinajstić information content (AvgIpc) is 3.31. The molecule has 23 heteroatoms. The maximum atomic E-state index is 11.7. The first-order valence-corrected chi connectivity index (χ1v) is 21.3. The Morgan fingerprint density at radius 3 is 1.68 bits per heavy atom. The number of aryl methyl sites for hydroxylation is 3. The highest BCUT2D eigenvalue weighted by Crippen LogP contribution is 2.28. The molecule has 0 bridgehead atoms. The van der Waals surface area contributed by atoms with E-state index >= 15 is 0 Å². The molecule has 4 rings (SSSR count). The normalized spacial score (nSPS) is 29.2. The van der Waals surface area contributed by atoms with Crippen LogP contribution in [0.25, 0.3) is 0 Å². The molecule has 0 aromatic heterocycles. The number of aliphatic hydroxyl groups excluding tert-OH is 15. The molecule has 0 amide bonds. The summed E-state index contributed by atoms with van der Waals surface area (Å²) in [7, 11) is 0. The second kappa shape index (κ2) is 27.6. The van der Waals surface area contributed by atoms with Crippen molar-refractivity contribution in [2.45, 2.75) is 144 Å². The van der Waals surface area contributed by atoms with Crippen molar-refractivity contribution in [3.05, 3.63) is 70.8 Å². The highest BCUT2D eigenvalue weighted by atomic mass is 16.7. The number of ether oxygens (including phenoxy) is 5. The van der Waals surface area contributed by atoms with Crippen molar-refractivity contribution >= 4 is 11.9 Å². The lowest BCUT2D eigenvalue weighted by Crippen LogP contribution is -2.61. The maximum absolute atomic E-state index is 11.7. The van der Waals surface area contributed by atoms with Crippen LogP contribution in [0.15, 0.2) is 48.5 Å². The van der Waals surface area contributed by atoms with Gasteiger partial charge in [-0.3, -0.25) is 0 Å². The van der Waals surface area contributed by atoms with Gasteiger partial charge in [0.1, 0.15) is 67.1 Å². The van der Waals surface area contributed by atoms with Gasteiger partial charge in [0.2, 0.25) is 0 Å².